The Balaban J connectivity index is 3.56. The molecule has 3 heteroatoms. The van der Waals surface area contributed by atoms with Gasteiger partial charge in [-0.1, -0.05) is 5.19 Å². The van der Waals surface area contributed by atoms with E-state index in [1.807, 2.05) is 13.8 Å². The van der Waals surface area contributed by atoms with Gasteiger partial charge in [-0.2, -0.15) is 0 Å². The molecular weight excluding hydrogens is 183 g/mol. The molecule has 0 radical (unpaired) electrons. The number of benzene rings is 1. The third kappa shape index (κ3) is 1.54. The Morgan fingerprint density at radius 1 is 1.15 bits per heavy atom. The average Bonchev–Trinajstić information content (AvgIpc) is 2.13. The zero-order chi connectivity index (χ0) is 10.2. The molecule has 13 heavy (non-hydrogen) atoms. The third-order valence-corrected chi connectivity index (χ3v) is 4.39. The van der Waals surface area contributed by atoms with Crippen molar-refractivity contribution in [1.82, 2.24) is 0 Å². The smallest absolute Gasteiger partial charge is 0.131 e. The van der Waals surface area contributed by atoms with E-state index in [1.165, 1.54) is 0 Å². The maximum Gasteiger partial charge on any atom is 0.131 e. The number of rotatable bonds is 1. The largest absolute Gasteiger partial charge is 0.392 e. The van der Waals surface area contributed by atoms with Crippen LogP contribution in [-0.4, -0.2) is 15.3 Å². The van der Waals surface area contributed by atoms with Crippen LogP contribution >= 0.6 is 0 Å². The fourth-order valence-corrected chi connectivity index (χ4v) is 2.13. The van der Waals surface area contributed by atoms with Gasteiger partial charge >= 0.3 is 0 Å². The Morgan fingerprint density at radius 3 is 2.15 bits per heavy atom. The van der Waals surface area contributed by atoms with Crippen molar-refractivity contribution in [2.75, 3.05) is 0 Å². The summed E-state index contributed by atoms with van der Waals surface area (Å²) in [5, 5.41) is 10.1. The Kier molecular flexibility index (Phi) is 2.88. The molecule has 0 heterocycles. The van der Waals surface area contributed by atoms with E-state index < -0.39 is 0 Å². The second kappa shape index (κ2) is 3.60. The minimum Gasteiger partial charge on any atom is -0.392 e. The van der Waals surface area contributed by atoms with Crippen molar-refractivity contribution in [3.05, 3.63) is 28.1 Å². The molecule has 0 fully saturated rings. The summed E-state index contributed by atoms with van der Waals surface area (Å²) in [5.74, 6) is -0.226. The molecule has 1 aromatic rings. The lowest BCUT2D eigenvalue weighted by Gasteiger charge is -2.14. The SMILES string of the molecule is Cc1c(C)c(CO)c(F)c(C)c1[SiH3]. The maximum absolute atomic E-state index is 13.6. The first-order valence-corrected chi connectivity index (χ1v) is 5.36. The predicted molar refractivity (Wildman–Crippen MR) is 56.1 cm³/mol. The van der Waals surface area contributed by atoms with Crippen LogP contribution in [0.2, 0.25) is 0 Å². The molecule has 1 nitrogen and oxygen atoms in total. The second-order valence-corrected chi connectivity index (χ2v) is 4.45. The van der Waals surface area contributed by atoms with E-state index in [1.54, 1.807) is 6.92 Å². The molecule has 0 atom stereocenters. The number of halogens is 1. The summed E-state index contributed by atoms with van der Waals surface area (Å²) >= 11 is 0. The normalized spacial score (nSPS) is 10.8. The van der Waals surface area contributed by atoms with Gasteiger partial charge in [0.05, 0.1) is 6.61 Å². The number of aliphatic hydroxyl groups excluding tert-OH is 1. The molecule has 0 bridgehead atoms. The highest BCUT2D eigenvalue weighted by atomic mass is 28.1. The van der Waals surface area contributed by atoms with Gasteiger partial charge in [0, 0.05) is 15.8 Å². The van der Waals surface area contributed by atoms with Crippen LogP contribution in [-0.2, 0) is 6.61 Å². The van der Waals surface area contributed by atoms with E-state index in [9.17, 15) is 4.39 Å². The van der Waals surface area contributed by atoms with E-state index in [0.29, 0.717) is 11.1 Å². The fraction of sp³-hybridized carbons (Fsp3) is 0.400. The molecule has 0 amide bonds. The highest BCUT2D eigenvalue weighted by Gasteiger charge is 2.13. The third-order valence-electron chi connectivity index (χ3n) is 2.89. The van der Waals surface area contributed by atoms with Crippen LogP contribution in [0.4, 0.5) is 4.39 Å². The molecule has 1 N–H and O–H groups in total. The first kappa shape index (κ1) is 10.4. The van der Waals surface area contributed by atoms with Crippen molar-refractivity contribution in [1.29, 1.82) is 0 Å². The van der Waals surface area contributed by atoms with Crippen molar-refractivity contribution in [2.24, 2.45) is 0 Å². The predicted octanol–water partition coefficient (Wildman–Crippen LogP) is 0.234. The molecule has 0 unspecified atom stereocenters. The Bertz CT molecular complexity index is 318. The van der Waals surface area contributed by atoms with Crippen LogP contribution in [0.1, 0.15) is 22.3 Å². The summed E-state index contributed by atoms with van der Waals surface area (Å²) in [6.45, 7) is 5.43. The van der Waals surface area contributed by atoms with Gasteiger partial charge in [0.25, 0.3) is 0 Å². The molecule has 0 aliphatic carbocycles. The molecule has 0 saturated carbocycles. The molecule has 1 aromatic carbocycles. The Morgan fingerprint density at radius 2 is 1.69 bits per heavy atom. The van der Waals surface area contributed by atoms with Crippen LogP contribution in [0, 0.1) is 26.6 Å². The van der Waals surface area contributed by atoms with Gasteiger partial charge in [-0.05, 0) is 37.5 Å². The van der Waals surface area contributed by atoms with E-state index in [-0.39, 0.29) is 12.4 Å². The minimum absolute atomic E-state index is 0.207. The minimum atomic E-state index is -0.226. The van der Waals surface area contributed by atoms with E-state index in [2.05, 4.69) is 0 Å². The first-order valence-electron chi connectivity index (χ1n) is 4.36. The summed E-state index contributed by atoms with van der Waals surface area (Å²) in [5.41, 5.74) is 3.19. The number of hydrogen-bond acceptors (Lipinski definition) is 1. The van der Waals surface area contributed by atoms with Crippen LogP contribution < -0.4 is 5.19 Å². The van der Waals surface area contributed by atoms with Gasteiger partial charge in [-0.15, -0.1) is 0 Å². The fourth-order valence-electron chi connectivity index (χ4n) is 1.53. The molecule has 0 saturated heterocycles. The second-order valence-electron chi connectivity index (χ2n) is 3.45. The highest BCUT2D eigenvalue weighted by molar-refractivity contribution is 6.34. The molecule has 0 spiro atoms. The average molecular weight is 198 g/mol. The molecule has 0 aromatic heterocycles. The summed E-state index contributed by atoms with van der Waals surface area (Å²) in [7, 11) is 0.854. The van der Waals surface area contributed by atoms with Crippen LogP contribution in [0.3, 0.4) is 0 Å². The zero-order valence-corrected chi connectivity index (χ0v) is 10.5. The van der Waals surface area contributed by atoms with Gasteiger partial charge in [0.1, 0.15) is 5.82 Å². The quantitative estimate of drug-likeness (QED) is 0.641. The number of hydrogen-bond donors (Lipinski definition) is 1. The van der Waals surface area contributed by atoms with E-state index in [4.69, 9.17) is 5.11 Å². The Hall–Kier alpha value is -0.673. The Labute approximate surface area is 81.0 Å². The van der Waals surface area contributed by atoms with Gasteiger partial charge in [-0.25, -0.2) is 4.39 Å². The molecule has 72 valence electrons. The monoisotopic (exact) mass is 198 g/mol. The molecular formula is C10H15FOSi. The summed E-state index contributed by atoms with van der Waals surface area (Å²) in [4.78, 5) is 0. The van der Waals surface area contributed by atoms with Crippen molar-refractivity contribution in [2.45, 2.75) is 27.4 Å². The molecule has 0 aliphatic heterocycles. The molecule has 1 rings (SSSR count). The zero-order valence-electron chi connectivity index (χ0n) is 8.53. The van der Waals surface area contributed by atoms with E-state index in [0.717, 1.165) is 26.6 Å². The lowest BCUT2D eigenvalue weighted by atomic mass is 9.99. The first-order chi connectivity index (χ1) is 6.00. The van der Waals surface area contributed by atoms with Gasteiger partial charge in [-0.3, -0.25) is 0 Å². The maximum atomic E-state index is 13.6. The van der Waals surface area contributed by atoms with Gasteiger partial charge in [0.15, 0.2) is 0 Å². The van der Waals surface area contributed by atoms with Crippen molar-refractivity contribution < 1.29 is 9.50 Å². The summed E-state index contributed by atoms with van der Waals surface area (Å²) < 4.78 is 13.6. The van der Waals surface area contributed by atoms with Crippen LogP contribution in [0.15, 0.2) is 0 Å². The lowest BCUT2D eigenvalue weighted by Crippen LogP contribution is -2.18. The van der Waals surface area contributed by atoms with Crippen LogP contribution in [0.25, 0.3) is 0 Å². The van der Waals surface area contributed by atoms with E-state index >= 15 is 0 Å². The molecule has 0 aliphatic rings. The van der Waals surface area contributed by atoms with Gasteiger partial charge < -0.3 is 5.11 Å². The standard InChI is InChI=1S/C10H15FOSi/c1-5-6(2)10(13)7(3)9(11)8(5)4-12/h12H,4H2,1-3,13H3. The van der Waals surface area contributed by atoms with Gasteiger partial charge in [0.2, 0.25) is 0 Å². The van der Waals surface area contributed by atoms with Crippen molar-refractivity contribution >= 4 is 15.4 Å². The highest BCUT2D eigenvalue weighted by Crippen LogP contribution is 2.18. The lowest BCUT2D eigenvalue weighted by molar-refractivity contribution is 0.274. The topological polar surface area (TPSA) is 20.2 Å². The summed E-state index contributed by atoms with van der Waals surface area (Å²) in [6, 6.07) is 0. The van der Waals surface area contributed by atoms with Crippen molar-refractivity contribution in [3.8, 4) is 0 Å². The number of aliphatic hydroxyl groups is 1. The summed E-state index contributed by atoms with van der Waals surface area (Å²) in [6.07, 6.45) is 0. The van der Waals surface area contributed by atoms with Crippen molar-refractivity contribution in [3.63, 3.8) is 0 Å². The van der Waals surface area contributed by atoms with Crippen LogP contribution in [0.5, 0.6) is 0 Å².